The number of nitrogens with two attached hydrogens (primary N) is 1. The van der Waals surface area contributed by atoms with Crippen molar-refractivity contribution in [1.82, 2.24) is 10.2 Å². The molecule has 0 spiro atoms. The van der Waals surface area contributed by atoms with Crippen LogP contribution in [0.1, 0.15) is 0 Å². The van der Waals surface area contributed by atoms with Crippen LogP contribution in [0.2, 0.25) is 0 Å². The highest BCUT2D eigenvalue weighted by molar-refractivity contribution is 5.36. The maximum Gasteiger partial charge on any atom is 0.288 e. The summed E-state index contributed by atoms with van der Waals surface area (Å²) in [4.78, 5) is 10.6. The lowest BCUT2D eigenvalue weighted by Crippen LogP contribution is -2.18. The molecule has 0 aliphatic heterocycles. The number of nitrogens with one attached hydrogen (secondary N) is 2. The molecule has 0 aromatic carbocycles. The topological polar surface area (TPSA) is 83.8 Å². The first-order valence-electron chi connectivity index (χ1n) is 2.35. The summed E-state index contributed by atoms with van der Waals surface area (Å²) in [7, 11) is 0. The molecule has 0 amide bonds. The highest BCUT2D eigenvalue weighted by Gasteiger charge is 1.90. The normalized spacial score (nSPS) is 9.00. The molecule has 0 unspecified atom stereocenters. The molecule has 0 fully saturated rings. The van der Waals surface area contributed by atoms with Gasteiger partial charge in [-0.25, -0.2) is 5.10 Å². The van der Waals surface area contributed by atoms with Gasteiger partial charge in [-0.15, -0.1) is 0 Å². The van der Waals surface area contributed by atoms with E-state index in [-0.39, 0.29) is 5.56 Å². The zero-order chi connectivity index (χ0) is 6.69. The lowest BCUT2D eigenvalue weighted by molar-refractivity contribution is 0.986. The van der Waals surface area contributed by atoms with E-state index < -0.39 is 0 Å². The number of anilines is 1. The molecule has 5 nitrogen and oxygen atoms in total. The van der Waals surface area contributed by atoms with Gasteiger partial charge in [0, 0.05) is 6.20 Å². The van der Waals surface area contributed by atoms with Gasteiger partial charge in [-0.1, -0.05) is 0 Å². The van der Waals surface area contributed by atoms with Gasteiger partial charge < -0.3 is 5.43 Å². The van der Waals surface area contributed by atoms with Gasteiger partial charge in [0.15, 0.2) is 0 Å². The smallest absolute Gasteiger partial charge is 0.288 e. The Balaban J connectivity index is 3.16. The number of aromatic nitrogens is 2. The lowest BCUT2D eigenvalue weighted by atomic mass is 10.5. The molecule has 0 atom stereocenters. The van der Waals surface area contributed by atoms with Crippen molar-refractivity contribution in [3.8, 4) is 0 Å². The molecule has 1 rings (SSSR count). The predicted molar refractivity (Wildman–Crippen MR) is 32.7 cm³/mol. The SMILES string of the molecule is NNc1ccn[nH]c1=O. The van der Waals surface area contributed by atoms with Gasteiger partial charge >= 0.3 is 0 Å². The molecule has 4 N–H and O–H groups in total. The zero-order valence-corrected chi connectivity index (χ0v) is 4.59. The van der Waals surface area contributed by atoms with Gasteiger partial charge in [0.25, 0.3) is 5.56 Å². The van der Waals surface area contributed by atoms with Gasteiger partial charge in [-0.3, -0.25) is 10.6 Å². The van der Waals surface area contributed by atoms with E-state index in [0.717, 1.165) is 0 Å². The van der Waals surface area contributed by atoms with Crippen LogP contribution >= 0.6 is 0 Å². The molecule has 0 bridgehead atoms. The van der Waals surface area contributed by atoms with E-state index in [1.54, 1.807) is 0 Å². The molecule has 0 saturated heterocycles. The van der Waals surface area contributed by atoms with Crippen LogP contribution in [0.4, 0.5) is 5.69 Å². The Hall–Kier alpha value is -1.36. The summed E-state index contributed by atoms with van der Waals surface area (Å²) in [6.45, 7) is 0. The number of nitrogen functional groups attached to an aromatic ring is 1. The predicted octanol–water partition coefficient (Wildman–Crippen LogP) is -0.945. The summed E-state index contributed by atoms with van der Waals surface area (Å²) in [6.07, 6.45) is 1.44. The number of hydrazine groups is 1. The average Bonchev–Trinajstić information content (AvgIpc) is 1.89. The van der Waals surface area contributed by atoms with E-state index in [4.69, 9.17) is 5.84 Å². The highest BCUT2D eigenvalue weighted by Crippen LogP contribution is 1.87. The second-order valence-corrected chi connectivity index (χ2v) is 1.44. The Labute approximate surface area is 50.9 Å². The first-order chi connectivity index (χ1) is 4.34. The molecule has 0 radical (unpaired) electrons. The number of rotatable bonds is 1. The van der Waals surface area contributed by atoms with Crippen LogP contribution in [0.15, 0.2) is 17.1 Å². The molecule has 0 saturated carbocycles. The summed E-state index contributed by atoms with van der Waals surface area (Å²) in [6, 6.07) is 1.48. The number of hydrogen-bond donors (Lipinski definition) is 3. The largest absolute Gasteiger partial charge is 0.319 e. The van der Waals surface area contributed by atoms with Crippen LogP contribution < -0.4 is 16.8 Å². The number of nitrogens with zero attached hydrogens (tertiary/aromatic N) is 1. The molecule has 1 heterocycles. The Morgan fingerprint density at radius 1 is 1.78 bits per heavy atom. The van der Waals surface area contributed by atoms with Gasteiger partial charge in [-0.2, -0.15) is 5.10 Å². The van der Waals surface area contributed by atoms with Crippen molar-refractivity contribution in [1.29, 1.82) is 0 Å². The van der Waals surface area contributed by atoms with Gasteiger partial charge in [0.2, 0.25) is 0 Å². The minimum atomic E-state index is -0.319. The zero-order valence-electron chi connectivity index (χ0n) is 4.59. The quantitative estimate of drug-likeness (QED) is 0.335. The van der Waals surface area contributed by atoms with Crippen molar-refractivity contribution < 1.29 is 0 Å². The second-order valence-electron chi connectivity index (χ2n) is 1.44. The van der Waals surface area contributed by atoms with Crippen molar-refractivity contribution in [2.75, 3.05) is 5.43 Å². The third-order valence-corrected chi connectivity index (χ3v) is 0.882. The summed E-state index contributed by atoms with van der Waals surface area (Å²) >= 11 is 0. The summed E-state index contributed by atoms with van der Waals surface area (Å²) in [5, 5.41) is 5.66. The number of hydrogen-bond acceptors (Lipinski definition) is 4. The maximum atomic E-state index is 10.6. The van der Waals surface area contributed by atoms with Crippen molar-refractivity contribution in [3.63, 3.8) is 0 Å². The third-order valence-electron chi connectivity index (χ3n) is 0.882. The van der Waals surface area contributed by atoms with Crippen LogP contribution in [0.3, 0.4) is 0 Å². The molecule has 9 heavy (non-hydrogen) atoms. The molecule has 5 heteroatoms. The van der Waals surface area contributed by atoms with Crippen LogP contribution in [0, 0.1) is 0 Å². The van der Waals surface area contributed by atoms with Crippen molar-refractivity contribution in [2.24, 2.45) is 5.84 Å². The summed E-state index contributed by atoms with van der Waals surface area (Å²) in [5.74, 6) is 4.95. The maximum absolute atomic E-state index is 10.6. The number of aromatic amines is 1. The van der Waals surface area contributed by atoms with Crippen LogP contribution in [-0.4, -0.2) is 10.2 Å². The van der Waals surface area contributed by atoms with E-state index in [1.807, 2.05) is 0 Å². The van der Waals surface area contributed by atoms with Crippen LogP contribution in [0.25, 0.3) is 0 Å². The van der Waals surface area contributed by atoms with Crippen molar-refractivity contribution in [2.45, 2.75) is 0 Å². The summed E-state index contributed by atoms with van der Waals surface area (Å²) < 4.78 is 0. The molecule has 48 valence electrons. The van der Waals surface area contributed by atoms with Gasteiger partial charge in [0.05, 0.1) is 0 Å². The first kappa shape index (κ1) is 5.77. The minimum Gasteiger partial charge on any atom is -0.319 e. The van der Waals surface area contributed by atoms with E-state index in [0.29, 0.717) is 5.69 Å². The number of H-pyrrole nitrogens is 1. The Bertz CT molecular complexity index is 242. The second kappa shape index (κ2) is 2.27. The standard InChI is InChI=1S/C4H6N4O/c5-7-3-1-2-6-8-4(3)9/h1-2H,5H2,(H,6,7)(H,8,9). The monoisotopic (exact) mass is 126 g/mol. The van der Waals surface area contributed by atoms with Gasteiger partial charge in [-0.05, 0) is 6.07 Å². The fourth-order valence-electron chi connectivity index (χ4n) is 0.457. The van der Waals surface area contributed by atoms with Gasteiger partial charge in [0.1, 0.15) is 5.69 Å². The van der Waals surface area contributed by atoms with E-state index in [2.05, 4.69) is 15.6 Å². The average molecular weight is 126 g/mol. The van der Waals surface area contributed by atoms with E-state index in [1.165, 1.54) is 12.3 Å². The molecule has 0 aliphatic rings. The Kier molecular flexibility index (Phi) is 1.46. The third kappa shape index (κ3) is 1.06. The minimum absolute atomic E-state index is 0.310. The fraction of sp³-hybridized carbons (Fsp3) is 0. The molecule has 1 aromatic heterocycles. The highest BCUT2D eigenvalue weighted by atomic mass is 16.1. The molecule has 0 aliphatic carbocycles. The molecular weight excluding hydrogens is 120 g/mol. The van der Waals surface area contributed by atoms with Crippen molar-refractivity contribution in [3.05, 3.63) is 22.6 Å². The molecule has 1 aromatic rings. The Morgan fingerprint density at radius 2 is 2.56 bits per heavy atom. The van der Waals surface area contributed by atoms with Crippen LogP contribution in [-0.2, 0) is 0 Å². The van der Waals surface area contributed by atoms with E-state index in [9.17, 15) is 4.79 Å². The summed E-state index contributed by atoms with van der Waals surface area (Å²) in [5.41, 5.74) is 2.20. The molecular formula is C4H6N4O. The Morgan fingerprint density at radius 3 is 3.00 bits per heavy atom. The van der Waals surface area contributed by atoms with E-state index >= 15 is 0 Å². The first-order valence-corrected chi connectivity index (χ1v) is 2.35. The van der Waals surface area contributed by atoms with Crippen molar-refractivity contribution >= 4 is 5.69 Å². The van der Waals surface area contributed by atoms with Crippen LogP contribution in [0.5, 0.6) is 0 Å². The lowest BCUT2D eigenvalue weighted by Gasteiger charge is -1.92. The fourth-order valence-corrected chi connectivity index (χ4v) is 0.457.